The van der Waals surface area contributed by atoms with E-state index in [-0.39, 0.29) is 6.42 Å². The molecule has 16 heavy (non-hydrogen) atoms. The average molecular weight is 232 g/mol. The van der Waals surface area contributed by atoms with Gasteiger partial charge >= 0.3 is 11.9 Å². The highest BCUT2D eigenvalue weighted by molar-refractivity contribution is 5.79. The van der Waals surface area contributed by atoms with E-state index >= 15 is 0 Å². The summed E-state index contributed by atoms with van der Waals surface area (Å²) in [7, 11) is 1.41. The number of carboxylic acid groups (broad SMARTS) is 1. The quantitative estimate of drug-likeness (QED) is 0.726. The minimum atomic E-state index is -1.06. The van der Waals surface area contributed by atoms with Crippen molar-refractivity contribution in [3.63, 3.8) is 0 Å². The Labute approximate surface area is 95.7 Å². The van der Waals surface area contributed by atoms with Crippen LogP contribution in [-0.4, -0.2) is 35.9 Å². The van der Waals surface area contributed by atoms with Crippen LogP contribution in [0.1, 0.15) is 34.1 Å². The number of carbonyl (C=O) groups is 2. The minimum absolute atomic E-state index is 0.179. The molecule has 0 aliphatic heterocycles. The Hall–Kier alpha value is -1.10. The SMILES string of the molecule is CO[C@H](C)[C@@H](CC(=O)OC(C)(C)C)C(=O)O. The second-order valence-corrected chi connectivity index (χ2v) is 4.68. The van der Waals surface area contributed by atoms with E-state index in [1.54, 1.807) is 27.7 Å². The van der Waals surface area contributed by atoms with Crippen LogP contribution in [-0.2, 0) is 19.1 Å². The first-order valence-corrected chi connectivity index (χ1v) is 5.15. The van der Waals surface area contributed by atoms with Gasteiger partial charge in [0.2, 0.25) is 0 Å². The number of hydrogen-bond acceptors (Lipinski definition) is 4. The molecule has 0 heterocycles. The number of esters is 1. The maximum Gasteiger partial charge on any atom is 0.309 e. The molecular weight excluding hydrogens is 212 g/mol. The highest BCUT2D eigenvalue weighted by atomic mass is 16.6. The van der Waals surface area contributed by atoms with Crippen molar-refractivity contribution in [2.24, 2.45) is 5.92 Å². The maximum absolute atomic E-state index is 11.5. The lowest BCUT2D eigenvalue weighted by Crippen LogP contribution is -2.32. The molecule has 0 aromatic carbocycles. The zero-order valence-electron chi connectivity index (χ0n) is 10.4. The van der Waals surface area contributed by atoms with Gasteiger partial charge in [0.1, 0.15) is 5.60 Å². The van der Waals surface area contributed by atoms with Gasteiger partial charge in [0, 0.05) is 7.11 Å². The molecular formula is C11H20O5. The third kappa shape index (κ3) is 5.70. The van der Waals surface area contributed by atoms with E-state index in [0.717, 1.165) is 0 Å². The molecule has 0 aliphatic rings. The molecule has 0 amide bonds. The molecule has 0 saturated carbocycles. The number of ether oxygens (including phenoxy) is 2. The van der Waals surface area contributed by atoms with Gasteiger partial charge in [-0.3, -0.25) is 9.59 Å². The molecule has 94 valence electrons. The van der Waals surface area contributed by atoms with E-state index in [2.05, 4.69) is 0 Å². The van der Waals surface area contributed by atoms with Gasteiger partial charge in [-0.1, -0.05) is 0 Å². The van der Waals surface area contributed by atoms with Crippen molar-refractivity contribution in [3.05, 3.63) is 0 Å². The lowest BCUT2D eigenvalue weighted by atomic mass is 10.00. The van der Waals surface area contributed by atoms with Gasteiger partial charge in [-0.2, -0.15) is 0 Å². The van der Waals surface area contributed by atoms with Crippen molar-refractivity contribution in [3.8, 4) is 0 Å². The Kier molecular flexibility index (Phi) is 5.44. The molecule has 5 nitrogen and oxygen atoms in total. The van der Waals surface area contributed by atoms with Crippen LogP contribution in [0, 0.1) is 5.92 Å². The van der Waals surface area contributed by atoms with Gasteiger partial charge < -0.3 is 14.6 Å². The van der Waals surface area contributed by atoms with Crippen molar-refractivity contribution in [1.29, 1.82) is 0 Å². The van der Waals surface area contributed by atoms with Crippen molar-refractivity contribution >= 4 is 11.9 Å². The van der Waals surface area contributed by atoms with Crippen LogP contribution in [0.2, 0.25) is 0 Å². The van der Waals surface area contributed by atoms with Gasteiger partial charge in [-0.15, -0.1) is 0 Å². The third-order valence-corrected chi connectivity index (χ3v) is 2.06. The van der Waals surface area contributed by atoms with Crippen LogP contribution in [0.25, 0.3) is 0 Å². The summed E-state index contributed by atoms with van der Waals surface area (Å²) in [5.41, 5.74) is -0.601. The monoisotopic (exact) mass is 232 g/mol. The molecule has 0 spiro atoms. The van der Waals surface area contributed by atoms with Crippen molar-refractivity contribution in [1.82, 2.24) is 0 Å². The van der Waals surface area contributed by atoms with E-state index < -0.39 is 29.6 Å². The van der Waals surface area contributed by atoms with Gasteiger partial charge in [-0.25, -0.2) is 0 Å². The van der Waals surface area contributed by atoms with Crippen molar-refractivity contribution in [2.45, 2.75) is 45.8 Å². The molecule has 0 rings (SSSR count). The van der Waals surface area contributed by atoms with Crippen LogP contribution in [0.4, 0.5) is 0 Å². The molecule has 0 radical (unpaired) electrons. The Balaban J connectivity index is 4.42. The van der Waals surface area contributed by atoms with Crippen LogP contribution >= 0.6 is 0 Å². The number of aliphatic carboxylic acids is 1. The molecule has 0 fully saturated rings. The van der Waals surface area contributed by atoms with E-state index in [0.29, 0.717) is 0 Å². The standard InChI is InChI=1S/C11H20O5/c1-7(15-5)8(10(13)14)6-9(12)16-11(2,3)4/h7-8H,6H2,1-5H3,(H,13,14)/t7-,8-/m1/s1. The van der Waals surface area contributed by atoms with Crippen LogP contribution in [0.15, 0.2) is 0 Å². The van der Waals surface area contributed by atoms with Gasteiger partial charge in [0.05, 0.1) is 18.4 Å². The number of carbonyl (C=O) groups excluding carboxylic acids is 1. The largest absolute Gasteiger partial charge is 0.481 e. The molecule has 0 aromatic heterocycles. The first-order chi connectivity index (χ1) is 7.17. The predicted octanol–water partition coefficient (Wildman–Crippen LogP) is 1.45. The molecule has 0 saturated heterocycles. The fourth-order valence-electron chi connectivity index (χ4n) is 1.18. The molecule has 0 bridgehead atoms. The van der Waals surface area contributed by atoms with Crippen LogP contribution < -0.4 is 0 Å². The Morgan fingerprint density at radius 3 is 2.12 bits per heavy atom. The second-order valence-electron chi connectivity index (χ2n) is 4.68. The van der Waals surface area contributed by atoms with Gasteiger partial charge in [0.25, 0.3) is 0 Å². The summed E-state index contributed by atoms with van der Waals surface area (Å²) in [5.74, 6) is -2.45. The molecule has 0 unspecified atom stereocenters. The predicted molar refractivity (Wildman–Crippen MR) is 58.1 cm³/mol. The highest BCUT2D eigenvalue weighted by Gasteiger charge is 2.29. The summed E-state index contributed by atoms with van der Waals surface area (Å²) in [6, 6.07) is 0. The van der Waals surface area contributed by atoms with Crippen LogP contribution in [0.5, 0.6) is 0 Å². The summed E-state index contributed by atoms with van der Waals surface area (Å²) in [5, 5.41) is 8.93. The smallest absolute Gasteiger partial charge is 0.309 e. The zero-order chi connectivity index (χ0) is 12.9. The second kappa shape index (κ2) is 5.84. The van der Waals surface area contributed by atoms with Crippen molar-refractivity contribution in [2.75, 3.05) is 7.11 Å². The Morgan fingerprint density at radius 1 is 1.31 bits per heavy atom. The molecule has 1 N–H and O–H groups in total. The summed E-state index contributed by atoms with van der Waals surface area (Å²) in [6.07, 6.45) is -0.702. The van der Waals surface area contributed by atoms with Crippen LogP contribution in [0.3, 0.4) is 0 Å². The van der Waals surface area contributed by atoms with E-state index in [9.17, 15) is 9.59 Å². The fourth-order valence-corrected chi connectivity index (χ4v) is 1.18. The molecule has 2 atom stereocenters. The average Bonchev–Trinajstić information content (AvgIpc) is 2.09. The van der Waals surface area contributed by atoms with E-state index in [1.807, 2.05) is 0 Å². The first-order valence-electron chi connectivity index (χ1n) is 5.15. The van der Waals surface area contributed by atoms with E-state index in [1.165, 1.54) is 7.11 Å². The fraction of sp³-hybridized carbons (Fsp3) is 0.818. The normalized spacial score (nSPS) is 15.3. The Morgan fingerprint density at radius 2 is 1.81 bits per heavy atom. The Bertz CT molecular complexity index is 254. The summed E-state index contributed by atoms with van der Waals surface area (Å²) >= 11 is 0. The zero-order valence-corrected chi connectivity index (χ0v) is 10.4. The highest BCUT2D eigenvalue weighted by Crippen LogP contribution is 2.16. The number of rotatable bonds is 5. The topological polar surface area (TPSA) is 72.8 Å². The summed E-state index contributed by atoms with van der Waals surface area (Å²) < 4.78 is 9.97. The summed E-state index contributed by atoms with van der Waals surface area (Å²) in [4.78, 5) is 22.4. The first kappa shape index (κ1) is 14.9. The van der Waals surface area contributed by atoms with Gasteiger partial charge in [0.15, 0.2) is 0 Å². The maximum atomic E-state index is 11.5. The van der Waals surface area contributed by atoms with Crippen molar-refractivity contribution < 1.29 is 24.2 Å². The third-order valence-electron chi connectivity index (χ3n) is 2.06. The number of methoxy groups -OCH3 is 1. The minimum Gasteiger partial charge on any atom is -0.481 e. The summed E-state index contributed by atoms with van der Waals surface area (Å²) in [6.45, 7) is 6.82. The molecule has 5 heteroatoms. The molecule has 0 aliphatic carbocycles. The lowest BCUT2D eigenvalue weighted by Gasteiger charge is -2.22. The number of carboxylic acids is 1. The van der Waals surface area contributed by atoms with E-state index in [4.69, 9.17) is 14.6 Å². The van der Waals surface area contributed by atoms with Gasteiger partial charge in [-0.05, 0) is 27.7 Å². The lowest BCUT2D eigenvalue weighted by molar-refractivity contribution is -0.162. The molecule has 0 aromatic rings. The number of hydrogen-bond donors (Lipinski definition) is 1.